The van der Waals surface area contributed by atoms with Crippen molar-refractivity contribution in [2.75, 3.05) is 26.7 Å². The average molecular weight is 206 g/mol. The average Bonchev–Trinajstić information content (AvgIpc) is 2.17. The number of esters is 1. The van der Waals surface area contributed by atoms with Crippen LogP contribution in [-0.4, -0.2) is 37.6 Å². The summed E-state index contributed by atoms with van der Waals surface area (Å²) in [6, 6.07) is 0. The molecule has 0 aliphatic carbocycles. The lowest BCUT2D eigenvalue weighted by Crippen LogP contribution is -2.26. The third kappa shape index (κ3) is 6.61. The lowest BCUT2D eigenvalue weighted by atomic mass is 10.3. The van der Waals surface area contributed by atoms with Gasteiger partial charge in [-0.25, -0.2) is 0 Å². The molecule has 4 heteroatoms. The molecule has 0 fully saturated rings. The van der Waals surface area contributed by atoms with E-state index in [0.29, 0.717) is 13.0 Å². The van der Waals surface area contributed by atoms with E-state index in [2.05, 4.69) is 9.64 Å². The highest BCUT2D eigenvalue weighted by Crippen LogP contribution is 1.94. The van der Waals surface area contributed by atoms with Gasteiger partial charge < -0.3 is 4.74 Å². The molecular formula is C9H16ClNO2. The molecular weight excluding hydrogens is 190 g/mol. The number of rotatable bonds is 6. The van der Waals surface area contributed by atoms with Gasteiger partial charge in [0.15, 0.2) is 0 Å². The molecule has 0 amide bonds. The molecule has 76 valence electrons. The minimum atomic E-state index is -0.173. The molecule has 0 aliphatic heterocycles. The van der Waals surface area contributed by atoms with E-state index in [1.165, 1.54) is 12.6 Å². The van der Waals surface area contributed by atoms with E-state index < -0.39 is 0 Å². The second-order valence-corrected chi connectivity index (χ2v) is 2.83. The second kappa shape index (κ2) is 8.08. The summed E-state index contributed by atoms with van der Waals surface area (Å²) in [5.74, 6) is -0.173. The van der Waals surface area contributed by atoms with Crippen LogP contribution in [0, 0.1) is 0 Å². The molecule has 0 unspecified atom stereocenters. The molecule has 0 aliphatic rings. The standard InChI is InChI=1S/C9H16ClNO2/c1-3-11(7-4-6-10)8-5-9(12)13-2/h4,6H,3,5,7-8H2,1-2H3. The number of carbonyl (C=O) groups excluding carboxylic acids is 1. The largest absolute Gasteiger partial charge is 0.469 e. The molecule has 0 heterocycles. The summed E-state index contributed by atoms with van der Waals surface area (Å²) in [4.78, 5) is 12.9. The maximum absolute atomic E-state index is 10.8. The highest BCUT2D eigenvalue weighted by Gasteiger charge is 2.04. The molecule has 0 aromatic heterocycles. The van der Waals surface area contributed by atoms with Crippen molar-refractivity contribution in [2.45, 2.75) is 13.3 Å². The Kier molecular flexibility index (Phi) is 7.74. The van der Waals surface area contributed by atoms with Gasteiger partial charge in [0, 0.05) is 18.6 Å². The molecule has 0 N–H and O–H groups in total. The fourth-order valence-electron chi connectivity index (χ4n) is 0.919. The minimum absolute atomic E-state index is 0.173. The van der Waals surface area contributed by atoms with Gasteiger partial charge in [-0.05, 0) is 6.54 Å². The van der Waals surface area contributed by atoms with Gasteiger partial charge in [0.2, 0.25) is 0 Å². The van der Waals surface area contributed by atoms with Gasteiger partial charge in [-0.1, -0.05) is 24.6 Å². The summed E-state index contributed by atoms with van der Waals surface area (Å²) in [5, 5.41) is 0. The highest BCUT2D eigenvalue weighted by atomic mass is 35.5. The fourth-order valence-corrected chi connectivity index (χ4v) is 0.999. The Labute approximate surface area is 84.3 Å². The number of halogens is 1. The maximum atomic E-state index is 10.8. The summed E-state index contributed by atoms with van der Waals surface area (Å²) in [7, 11) is 1.40. The zero-order valence-corrected chi connectivity index (χ0v) is 8.88. The van der Waals surface area contributed by atoms with Crippen LogP contribution in [0.5, 0.6) is 0 Å². The smallest absolute Gasteiger partial charge is 0.306 e. The van der Waals surface area contributed by atoms with E-state index in [-0.39, 0.29) is 5.97 Å². The minimum Gasteiger partial charge on any atom is -0.469 e. The van der Waals surface area contributed by atoms with E-state index in [9.17, 15) is 4.79 Å². The molecule has 0 saturated heterocycles. The van der Waals surface area contributed by atoms with Crippen LogP contribution in [0.2, 0.25) is 0 Å². The van der Waals surface area contributed by atoms with E-state index in [1.54, 1.807) is 0 Å². The van der Waals surface area contributed by atoms with Crippen molar-refractivity contribution in [3.8, 4) is 0 Å². The third-order valence-corrected chi connectivity index (χ3v) is 1.94. The summed E-state index contributed by atoms with van der Waals surface area (Å²) >= 11 is 5.39. The van der Waals surface area contributed by atoms with E-state index in [1.807, 2.05) is 13.0 Å². The van der Waals surface area contributed by atoms with Gasteiger partial charge >= 0.3 is 5.97 Å². The molecule has 0 aromatic rings. The zero-order chi connectivity index (χ0) is 10.1. The number of carbonyl (C=O) groups is 1. The van der Waals surface area contributed by atoms with Gasteiger partial charge in [-0.15, -0.1) is 0 Å². The van der Waals surface area contributed by atoms with Crippen LogP contribution in [0.4, 0.5) is 0 Å². The second-order valence-electron chi connectivity index (χ2n) is 2.58. The van der Waals surface area contributed by atoms with Crippen LogP contribution in [0.15, 0.2) is 11.6 Å². The van der Waals surface area contributed by atoms with Gasteiger partial charge in [0.25, 0.3) is 0 Å². The van der Waals surface area contributed by atoms with Crippen molar-refractivity contribution >= 4 is 17.6 Å². The highest BCUT2D eigenvalue weighted by molar-refractivity contribution is 6.25. The summed E-state index contributed by atoms with van der Waals surface area (Å²) in [5.41, 5.74) is 1.49. The maximum Gasteiger partial charge on any atom is 0.306 e. The monoisotopic (exact) mass is 205 g/mol. The lowest BCUT2D eigenvalue weighted by molar-refractivity contribution is -0.140. The quantitative estimate of drug-likeness (QED) is 0.618. The summed E-state index contributed by atoms with van der Waals surface area (Å²) in [6.45, 7) is 4.43. The van der Waals surface area contributed by atoms with E-state index in [4.69, 9.17) is 11.6 Å². The topological polar surface area (TPSA) is 29.5 Å². The van der Waals surface area contributed by atoms with Gasteiger partial charge in [0.05, 0.1) is 13.5 Å². The number of hydrogen-bond acceptors (Lipinski definition) is 3. The first-order chi connectivity index (χ1) is 6.24. The number of hydrogen-bond donors (Lipinski definition) is 0. The number of methoxy groups -OCH3 is 1. The Bertz CT molecular complexity index is 171. The van der Waals surface area contributed by atoms with Crippen molar-refractivity contribution in [3.05, 3.63) is 11.6 Å². The molecule has 0 bridgehead atoms. The first kappa shape index (κ1) is 12.5. The number of nitrogens with zero attached hydrogens (tertiary/aromatic N) is 1. The predicted molar refractivity (Wildman–Crippen MR) is 53.7 cm³/mol. The Morgan fingerprint density at radius 2 is 2.31 bits per heavy atom. The molecule has 3 nitrogen and oxygen atoms in total. The zero-order valence-electron chi connectivity index (χ0n) is 8.12. The SMILES string of the molecule is CCN(CC=CCl)CCC(=O)OC. The van der Waals surface area contributed by atoms with Crippen LogP contribution in [0.25, 0.3) is 0 Å². The summed E-state index contributed by atoms with van der Waals surface area (Å²) in [6.07, 6.45) is 2.28. The molecule has 0 rings (SSSR count). The normalized spacial score (nSPS) is 11.1. The molecule has 0 radical (unpaired) electrons. The first-order valence-corrected chi connectivity index (χ1v) is 4.72. The van der Waals surface area contributed by atoms with Crippen molar-refractivity contribution in [1.82, 2.24) is 4.90 Å². The van der Waals surface area contributed by atoms with Crippen LogP contribution in [0.3, 0.4) is 0 Å². The summed E-state index contributed by atoms with van der Waals surface area (Å²) < 4.78 is 4.54. The van der Waals surface area contributed by atoms with Crippen LogP contribution in [-0.2, 0) is 9.53 Å². The molecule has 0 saturated carbocycles. The van der Waals surface area contributed by atoms with Crippen molar-refractivity contribution in [2.24, 2.45) is 0 Å². The molecule has 0 atom stereocenters. The number of ether oxygens (including phenoxy) is 1. The van der Waals surface area contributed by atoms with Crippen LogP contribution in [0.1, 0.15) is 13.3 Å². The van der Waals surface area contributed by atoms with Crippen LogP contribution >= 0.6 is 11.6 Å². The first-order valence-electron chi connectivity index (χ1n) is 4.29. The molecule has 13 heavy (non-hydrogen) atoms. The van der Waals surface area contributed by atoms with Crippen molar-refractivity contribution in [1.29, 1.82) is 0 Å². The Morgan fingerprint density at radius 3 is 2.77 bits per heavy atom. The van der Waals surface area contributed by atoms with Gasteiger partial charge in [-0.2, -0.15) is 0 Å². The Morgan fingerprint density at radius 1 is 1.62 bits per heavy atom. The molecule has 0 aromatic carbocycles. The fraction of sp³-hybridized carbons (Fsp3) is 0.667. The lowest BCUT2D eigenvalue weighted by Gasteiger charge is -2.16. The molecule has 0 spiro atoms. The van der Waals surface area contributed by atoms with E-state index in [0.717, 1.165) is 13.1 Å². The van der Waals surface area contributed by atoms with Crippen molar-refractivity contribution in [3.63, 3.8) is 0 Å². The Hall–Kier alpha value is -0.540. The van der Waals surface area contributed by atoms with Gasteiger partial charge in [0.1, 0.15) is 0 Å². The van der Waals surface area contributed by atoms with Gasteiger partial charge in [-0.3, -0.25) is 9.69 Å². The van der Waals surface area contributed by atoms with E-state index >= 15 is 0 Å². The number of likely N-dealkylation sites (N-methyl/N-ethyl adjacent to an activating group) is 1. The predicted octanol–water partition coefficient (Wildman–Crippen LogP) is 1.62. The Balaban J connectivity index is 3.64. The van der Waals surface area contributed by atoms with Crippen LogP contribution < -0.4 is 0 Å². The third-order valence-electron chi connectivity index (χ3n) is 1.76. The van der Waals surface area contributed by atoms with Crippen molar-refractivity contribution < 1.29 is 9.53 Å².